The van der Waals surface area contributed by atoms with Gasteiger partial charge in [-0.1, -0.05) is 48.0 Å². The summed E-state index contributed by atoms with van der Waals surface area (Å²) in [6, 6.07) is 17.1. The van der Waals surface area contributed by atoms with Crippen molar-refractivity contribution in [3.63, 3.8) is 0 Å². The van der Waals surface area contributed by atoms with Crippen LogP contribution in [0.5, 0.6) is 0 Å². The first kappa shape index (κ1) is 20.7. The predicted molar refractivity (Wildman–Crippen MR) is 122 cm³/mol. The number of anilines is 1. The Balaban J connectivity index is 1.77. The number of carbonyl (C=O) groups excluding carboxylic acids is 2. The fraction of sp³-hybridized carbons (Fsp3) is 0.136. The number of hydrogen-bond donors (Lipinski definition) is 3. The van der Waals surface area contributed by atoms with Crippen LogP contribution < -0.4 is 16.4 Å². The topological polar surface area (TPSA) is 84.2 Å². The van der Waals surface area contributed by atoms with Gasteiger partial charge in [0.1, 0.15) is 5.00 Å². The van der Waals surface area contributed by atoms with Gasteiger partial charge in [-0.15, -0.1) is 11.3 Å². The Hall–Kier alpha value is -3.03. The lowest BCUT2D eigenvalue weighted by Gasteiger charge is -2.09. The first-order valence-electron chi connectivity index (χ1n) is 9.00. The second-order valence-electron chi connectivity index (χ2n) is 6.66. The number of primary amides is 1. The lowest BCUT2D eigenvalue weighted by molar-refractivity contribution is 0.0975. The molecule has 0 saturated carbocycles. The van der Waals surface area contributed by atoms with Gasteiger partial charge in [0.05, 0.1) is 5.56 Å². The molecule has 0 unspecified atom stereocenters. The highest BCUT2D eigenvalue weighted by molar-refractivity contribution is 7.80. The minimum absolute atomic E-state index is 0.116. The molecule has 0 aliphatic heterocycles. The van der Waals surface area contributed by atoms with Crippen molar-refractivity contribution < 1.29 is 9.59 Å². The van der Waals surface area contributed by atoms with E-state index in [2.05, 4.69) is 10.6 Å². The highest BCUT2D eigenvalue weighted by atomic mass is 32.1. The minimum atomic E-state index is -0.534. The molecule has 1 aromatic heterocycles. The summed E-state index contributed by atoms with van der Waals surface area (Å²) in [6.07, 6.45) is 0.682. The SMILES string of the molecule is Cc1ccc(C(=O)NC(=S)Nc2sc(Cc3ccccc3)c(C)c2C(N)=O)cc1. The number of aryl methyl sites for hydroxylation is 1. The summed E-state index contributed by atoms with van der Waals surface area (Å²) in [7, 11) is 0. The average Bonchev–Trinajstić information content (AvgIpc) is 2.97. The van der Waals surface area contributed by atoms with Crippen LogP contribution in [0.25, 0.3) is 0 Å². The molecule has 0 spiro atoms. The van der Waals surface area contributed by atoms with Gasteiger partial charge in [-0.2, -0.15) is 0 Å². The van der Waals surface area contributed by atoms with Gasteiger partial charge in [0.25, 0.3) is 11.8 Å². The smallest absolute Gasteiger partial charge is 0.257 e. The van der Waals surface area contributed by atoms with Crippen LogP contribution in [0.2, 0.25) is 0 Å². The largest absolute Gasteiger partial charge is 0.365 e. The van der Waals surface area contributed by atoms with E-state index in [0.29, 0.717) is 22.5 Å². The molecule has 2 aromatic carbocycles. The molecule has 2 amide bonds. The standard InChI is InChI=1S/C22H21N3O2S2/c1-13-8-10-16(11-9-13)20(27)24-22(28)25-21-18(19(23)26)14(2)17(29-21)12-15-6-4-3-5-7-15/h3-11H,12H2,1-2H3,(H2,23,26)(H2,24,25,27,28). The summed E-state index contributed by atoms with van der Waals surface area (Å²) in [5.41, 5.74) is 9.52. The number of nitrogens with one attached hydrogen (secondary N) is 2. The van der Waals surface area contributed by atoms with Crippen molar-refractivity contribution in [3.05, 3.63) is 87.3 Å². The predicted octanol–water partition coefficient (Wildman–Crippen LogP) is 4.18. The van der Waals surface area contributed by atoms with Crippen molar-refractivity contribution in [2.75, 3.05) is 5.32 Å². The van der Waals surface area contributed by atoms with E-state index in [4.69, 9.17) is 18.0 Å². The van der Waals surface area contributed by atoms with Crippen LogP contribution in [0.1, 0.15) is 42.3 Å². The molecule has 7 heteroatoms. The third kappa shape index (κ3) is 5.07. The van der Waals surface area contributed by atoms with Gasteiger partial charge in [-0.25, -0.2) is 0 Å². The molecule has 1 heterocycles. The first-order chi connectivity index (χ1) is 13.8. The molecule has 4 N–H and O–H groups in total. The summed E-state index contributed by atoms with van der Waals surface area (Å²) < 4.78 is 0. The molecule has 0 bridgehead atoms. The normalized spacial score (nSPS) is 10.4. The zero-order valence-corrected chi connectivity index (χ0v) is 17.7. The van der Waals surface area contributed by atoms with E-state index in [-0.39, 0.29) is 11.0 Å². The third-order valence-electron chi connectivity index (χ3n) is 4.47. The summed E-state index contributed by atoms with van der Waals surface area (Å²) >= 11 is 6.69. The fourth-order valence-electron chi connectivity index (χ4n) is 2.91. The maximum Gasteiger partial charge on any atom is 0.257 e. The van der Waals surface area contributed by atoms with Crippen LogP contribution in [0, 0.1) is 13.8 Å². The summed E-state index contributed by atoms with van der Waals surface area (Å²) in [5.74, 6) is -0.853. The summed E-state index contributed by atoms with van der Waals surface area (Å²) in [5, 5.41) is 6.27. The maximum atomic E-state index is 12.4. The second kappa shape index (κ2) is 8.98. The van der Waals surface area contributed by atoms with E-state index in [1.165, 1.54) is 11.3 Å². The number of nitrogens with two attached hydrogens (primary N) is 1. The Morgan fingerprint density at radius 2 is 1.69 bits per heavy atom. The van der Waals surface area contributed by atoms with Gasteiger partial charge in [-0.3, -0.25) is 14.9 Å². The van der Waals surface area contributed by atoms with E-state index in [9.17, 15) is 9.59 Å². The molecule has 5 nitrogen and oxygen atoms in total. The Morgan fingerprint density at radius 1 is 1.03 bits per heavy atom. The van der Waals surface area contributed by atoms with Crippen LogP contribution in [0.3, 0.4) is 0 Å². The number of hydrogen-bond acceptors (Lipinski definition) is 4. The molecular weight excluding hydrogens is 402 g/mol. The molecule has 0 atom stereocenters. The third-order valence-corrected chi connectivity index (χ3v) is 5.88. The average molecular weight is 424 g/mol. The monoisotopic (exact) mass is 423 g/mol. The van der Waals surface area contributed by atoms with Crippen LogP contribution >= 0.6 is 23.6 Å². The van der Waals surface area contributed by atoms with Crippen molar-refractivity contribution >= 4 is 45.5 Å². The Labute approximate surface area is 178 Å². The molecule has 148 valence electrons. The maximum absolute atomic E-state index is 12.4. The zero-order valence-electron chi connectivity index (χ0n) is 16.1. The highest BCUT2D eigenvalue weighted by Crippen LogP contribution is 2.34. The summed E-state index contributed by atoms with van der Waals surface area (Å²) in [4.78, 5) is 25.4. The molecule has 29 heavy (non-hydrogen) atoms. The van der Waals surface area contributed by atoms with Crippen molar-refractivity contribution in [1.82, 2.24) is 5.32 Å². The van der Waals surface area contributed by atoms with E-state index in [1.54, 1.807) is 12.1 Å². The first-order valence-corrected chi connectivity index (χ1v) is 10.2. The van der Waals surface area contributed by atoms with E-state index < -0.39 is 5.91 Å². The molecule has 0 saturated heterocycles. The molecule has 3 rings (SSSR count). The number of thiophene rings is 1. The number of rotatable bonds is 5. The zero-order chi connectivity index (χ0) is 21.0. The van der Waals surface area contributed by atoms with Gasteiger partial charge in [0.2, 0.25) is 0 Å². The van der Waals surface area contributed by atoms with Crippen LogP contribution in [-0.4, -0.2) is 16.9 Å². The van der Waals surface area contributed by atoms with Crippen molar-refractivity contribution in [1.29, 1.82) is 0 Å². The van der Waals surface area contributed by atoms with E-state index in [1.807, 2.05) is 56.3 Å². The highest BCUT2D eigenvalue weighted by Gasteiger charge is 2.20. The lowest BCUT2D eigenvalue weighted by atomic mass is 10.1. The minimum Gasteiger partial charge on any atom is -0.365 e. The molecule has 0 radical (unpaired) electrons. The lowest BCUT2D eigenvalue weighted by Crippen LogP contribution is -2.34. The Kier molecular flexibility index (Phi) is 6.41. The Bertz CT molecular complexity index is 1060. The number of amides is 2. The van der Waals surface area contributed by atoms with Gasteiger partial charge in [-0.05, 0) is 49.3 Å². The number of carbonyl (C=O) groups is 2. The van der Waals surface area contributed by atoms with Crippen LogP contribution in [0.15, 0.2) is 54.6 Å². The number of benzene rings is 2. The van der Waals surface area contributed by atoms with Gasteiger partial charge in [0, 0.05) is 16.9 Å². The number of thiocarbonyl (C=S) groups is 1. The van der Waals surface area contributed by atoms with E-state index >= 15 is 0 Å². The molecule has 0 aliphatic carbocycles. The quantitative estimate of drug-likeness (QED) is 0.538. The van der Waals surface area contributed by atoms with Gasteiger partial charge >= 0.3 is 0 Å². The van der Waals surface area contributed by atoms with Gasteiger partial charge in [0.15, 0.2) is 5.11 Å². The van der Waals surface area contributed by atoms with Gasteiger partial charge < -0.3 is 11.1 Å². The van der Waals surface area contributed by atoms with Crippen LogP contribution in [0.4, 0.5) is 5.00 Å². The Morgan fingerprint density at radius 3 is 2.31 bits per heavy atom. The van der Waals surface area contributed by atoms with Crippen molar-refractivity contribution in [2.45, 2.75) is 20.3 Å². The van der Waals surface area contributed by atoms with E-state index in [0.717, 1.165) is 21.6 Å². The van der Waals surface area contributed by atoms with Crippen molar-refractivity contribution in [3.8, 4) is 0 Å². The second-order valence-corrected chi connectivity index (χ2v) is 8.17. The van der Waals surface area contributed by atoms with Crippen molar-refractivity contribution in [2.24, 2.45) is 5.73 Å². The molecular formula is C22H21N3O2S2. The molecule has 0 fully saturated rings. The fourth-order valence-corrected chi connectivity index (χ4v) is 4.42. The molecule has 3 aromatic rings. The molecule has 0 aliphatic rings. The van der Waals surface area contributed by atoms with Crippen LogP contribution in [-0.2, 0) is 6.42 Å². The summed E-state index contributed by atoms with van der Waals surface area (Å²) in [6.45, 7) is 3.82.